The van der Waals surface area contributed by atoms with Crippen LogP contribution in [0.15, 0.2) is 48.8 Å². The number of carbonyl (C=O) groups is 2. The minimum Gasteiger partial charge on any atom is -0.462 e. The summed E-state index contributed by atoms with van der Waals surface area (Å²) in [7, 11) is 0. The van der Waals surface area contributed by atoms with Crippen LogP contribution in [0.5, 0.6) is 0 Å². The van der Waals surface area contributed by atoms with Gasteiger partial charge in [0.05, 0.1) is 24.7 Å². The zero-order valence-corrected chi connectivity index (χ0v) is 14.3. The molecule has 1 aromatic carbocycles. The fraction of sp³-hybridized carbons (Fsp3) is 0.167. The first kappa shape index (κ1) is 17.0. The number of pyridine rings is 1. The summed E-state index contributed by atoms with van der Waals surface area (Å²) in [5.74, 6) is -0.647. The van der Waals surface area contributed by atoms with Crippen LogP contribution in [0, 0.1) is 0 Å². The van der Waals surface area contributed by atoms with Gasteiger partial charge in [-0.3, -0.25) is 4.79 Å². The molecule has 2 heterocycles. The van der Waals surface area contributed by atoms with Crippen LogP contribution >= 0.6 is 11.6 Å². The second-order valence-electron chi connectivity index (χ2n) is 5.34. The number of fused-ring (bicyclic) bond motifs is 1. The number of hydrogen-bond acceptors (Lipinski definition) is 4. The Balaban J connectivity index is 1.79. The second-order valence-corrected chi connectivity index (χ2v) is 5.75. The van der Waals surface area contributed by atoms with Gasteiger partial charge in [-0.2, -0.15) is 5.10 Å². The molecular weight excluding hydrogens is 342 g/mol. The summed E-state index contributed by atoms with van der Waals surface area (Å²) in [5, 5.41) is 7.46. The third-order valence-electron chi connectivity index (χ3n) is 3.61. The normalized spacial score (nSPS) is 10.6. The van der Waals surface area contributed by atoms with Crippen LogP contribution in [-0.2, 0) is 16.0 Å². The monoisotopic (exact) mass is 357 g/mol. The van der Waals surface area contributed by atoms with Crippen molar-refractivity contribution in [3.8, 4) is 0 Å². The van der Waals surface area contributed by atoms with Crippen molar-refractivity contribution in [2.45, 2.75) is 13.3 Å². The number of esters is 1. The van der Waals surface area contributed by atoms with E-state index in [1.807, 2.05) is 12.1 Å². The molecular formula is C18H16ClN3O3. The summed E-state index contributed by atoms with van der Waals surface area (Å²) in [6.45, 7) is 2.02. The van der Waals surface area contributed by atoms with Gasteiger partial charge in [-0.15, -0.1) is 0 Å². The van der Waals surface area contributed by atoms with Crippen molar-refractivity contribution in [2.75, 3.05) is 11.9 Å². The molecule has 0 unspecified atom stereocenters. The van der Waals surface area contributed by atoms with E-state index in [0.717, 1.165) is 5.56 Å². The van der Waals surface area contributed by atoms with E-state index < -0.39 is 5.97 Å². The summed E-state index contributed by atoms with van der Waals surface area (Å²) in [5.41, 5.74) is 2.23. The molecule has 1 amide bonds. The fourth-order valence-corrected chi connectivity index (χ4v) is 2.65. The number of halogens is 1. The number of rotatable bonds is 5. The van der Waals surface area contributed by atoms with Gasteiger partial charge in [0.15, 0.2) is 0 Å². The topological polar surface area (TPSA) is 72.7 Å². The zero-order valence-electron chi connectivity index (χ0n) is 13.5. The van der Waals surface area contributed by atoms with Gasteiger partial charge >= 0.3 is 5.97 Å². The highest BCUT2D eigenvalue weighted by atomic mass is 35.5. The van der Waals surface area contributed by atoms with Gasteiger partial charge in [0, 0.05) is 16.9 Å². The van der Waals surface area contributed by atoms with Crippen molar-refractivity contribution in [1.29, 1.82) is 0 Å². The maximum atomic E-state index is 12.2. The predicted molar refractivity (Wildman–Crippen MR) is 94.9 cm³/mol. The first-order valence-electron chi connectivity index (χ1n) is 7.76. The van der Waals surface area contributed by atoms with E-state index in [9.17, 15) is 9.59 Å². The van der Waals surface area contributed by atoms with Crippen LogP contribution in [0.4, 0.5) is 5.69 Å². The number of nitrogens with zero attached hydrogens (tertiary/aromatic N) is 2. The molecule has 3 rings (SSSR count). The van der Waals surface area contributed by atoms with Gasteiger partial charge in [0.25, 0.3) is 0 Å². The Kier molecular flexibility index (Phi) is 5.00. The molecule has 0 atom stereocenters. The SMILES string of the molecule is CCOC(=O)c1cnn2ccc(NC(=O)Cc3ccccc3Cl)cc12. The van der Waals surface area contributed by atoms with Crippen LogP contribution in [0.1, 0.15) is 22.8 Å². The average molecular weight is 358 g/mol. The first-order valence-corrected chi connectivity index (χ1v) is 8.14. The van der Waals surface area contributed by atoms with Crippen molar-refractivity contribution >= 4 is 34.7 Å². The van der Waals surface area contributed by atoms with Gasteiger partial charge in [0.2, 0.25) is 5.91 Å². The highest BCUT2D eigenvalue weighted by molar-refractivity contribution is 6.31. The zero-order chi connectivity index (χ0) is 17.8. The summed E-state index contributed by atoms with van der Waals surface area (Å²) in [6.07, 6.45) is 3.28. The first-order chi connectivity index (χ1) is 12.1. The lowest BCUT2D eigenvalue weighted by Crippen LogP contribution is -2.15. The summed E-state index contributed by atoms with van der Waals surface area (Å²) >= 11 is 6.08. The van der Waals surface area contributed by atoms with Gasteiger partial charge < -0.3 is 10.1 Å². The summed E-state index contributed by atoms with van der Waals surface area (Å²) < 4.78 is 6.56. The molecule has 0 bridgehead atoms. The Bertz CT molecular complexity index is 936. The van der Waals surface area contributed by atoms with E-state index in [-0.39, 0.29) is 18.9 Å². The summed E-state index contributed by atoms with van der Waals surface area (Å²) in [6, 6.07) is 10.6. The fourth-order valence-electron chi connectivity index (χ4n) is 2.44. The minimum absolute atomic E-state index is 0.162. The third kappa shape index (κ3) is 3.80. The van der Waals surface area contributed by atoms with Gasteiger partial charge in [-0.05, 0) is 30.7 Å². The highest BCUT2D eigenvalue weighted by Gasteiger charge is 2.15. The molecule has 0 aliphatic carbocycles. The molecule has 0 aliphatic rings. The van der Waals surface area contributed by atoms with Crippen LogP contribution in [0.3, 0.4) is 0 Å². The Morgan fingerprint density at radius 1 is 1.28 bits per heavy atom. The molecule has 0 saturated heterocycles. The molecule has 0 radical (unpaired) electrons. The molecule has 7 heteroatoms. The molecule has 128 valence electrons. The Morgan fingerprint density at radius 2 is 2.08 bits per heavy atom. The Labute approximate surface area is 149 Å². The molecule has 1 N–H and O–H groups in total. The molecule has 0 saturated carbocycles. The van der Waals surface area contributed by atoms with E-state index in [4.69, 9.17) is 16.3 Å². The largest absolute Gasteiger partial charge is 0.462 e. The number of hydrogen-bond donors (Lipinski definition) is 1. The molecule has 0 spiro atoms. The van der Waals surface area contributed by atoms with Crippen molar-refractivity contribution in [3.63, 3.8) is 0 Å². The number of ether oxygens (including phenoxy) is 1. The Hall–Kier alpha value is -2.86. The Morgan fingerprint density at radius 3 is 2.84 bits per heavy atom. The maximum absolute atomic E-state index is 12.2. The molecule has 3 aromatic rings. The molecule has 0 fully saturated rings. The molecule has 2 aromatic heterocycles. The maximum Gasteiger partial charge on any atom is 0.341 e. The lowest BCUT2D eigenvalue weighted by Gasteiger charge is -2.07. The van der Waals surface area contributed by atoms with E-state index in [1.54, 1.807) is 41.9 Å². The highest BCUT2D eigenvalue weighted by Crippen LogP contribution is 2.19. The van der Waals surface area contributed by atoms with Crippen molar-refractivity contribution < 1.29 is 14.3 Å². The molecule has 0 aliphatic heterocycles. The summed E-state index contributed by atoms with van der Waals surface area (Å²) in [4.78, 5) is 24.2. The third-order valence-corrected chi connectivity index (χ3v) is 3.98. The second kappa shape index (κ2) is 7.36. The van der Waals surface area contributed by atoms with Crippen molar-refractivity contribution in [3.05, 3.63) is 64.9 Å². The van der Waals surface area contributed by atoms with Crippen LogP contribution in [0.2, 0.25) is 5.02 Å². The van der Waals surface area contributed by atoms with Crippen LogP contribution in [0.25, 0.3) is 5.52 Å². The lowest BCUT2D eigenvalue weighted by atomic mass is 10.1. The van der Waals surface area contributed by atoms with Crippen LogP contribution < -0.4 is 5.32 Å². The lowest BCUT2D eigenvalue weighted by molar-refractivity contribution is -0.115. The van der Waals surface area contributed by atoms with E-state index >= 15 is 0 Å². The predicted octanol–water partition coefficient (Wildman–Crippen LogP) is 3.35. The van der Waals surface area contributed by atoms with Crippen LogP contribution in [-0.4, -0.2) is 28.1 Å². The molecule has 6 nitrogen and oxygen atoms in total. The number of amides is 1. The number of carbonyl (C=O) groups excluding carboxylic acids is 2. The number of anilines is 1. The van der Waals surface area contributed by atoms with Crippen molar-refractivity contribution in [2.24, 2.45) is 0 Å². The average Bonchev–Trinajstić information content (AvgIpc) is 3.00. The van der Waals surface area contributed by atoms with Gasteiger partial charge in [-0.1, -0.05) is 29.8 Å². The number of benzene rings is 1. The molecule has 25 heavy (non-hydrogen) atoms. The van der Waals surface area contributed by atoms with E-state index in [2.05, 4.69) is 10.4 Å². The number of aromatic nitrogens is 2. The van der Waals surface area contributed by atoms with E-state index in [0.29, 0.717) is 21.8 Å². The minimum atomic E-state index is -0.447. The van der Waals surface area contributed by atoms with E-state index in [1.165, 1.54) is 6.20 Å². The number of nitrogens with one attached hydrogen (secondary N) is 1. The van der Waals surface area contributed by atoms with Gasteiger partial charge in [-0.25, -0.2) is 9.31 Å². The standard InChI is InChI=1S/C18H16ClN3O3/c1-2-25-18(24)14-11-20-22-8-7-13(10-16(14)22)21-17(23)9-12-5-3-4-6-15(12)19/h3-8,10-11H,2,9H2,1H3,(H,21,23). The smallest absolute Gasteiger partial charge is 0.341 e. The van der Waals surface area contributed by atoms with Gasteiger partial charge in [0.1, 0.15) is 5.56 Å². The quantitative estimate of drug-likeness (QED) is 0.711. The van der Waals surface area contributed by atoms with Crippen molar-refractivity contribution in [1.82, 2.24) is 9.61 Å².